The van der Waals surface area contributed by atoms with E-state index in [0.29, 0.717) is 96.5 Å². The number of esters is 3. The minimum absolute atomic E-state index is 0. The summed E-state index contributed by atoms with van der Waals surface area (Å²) in [6.45, 7) is 14.4. The van der Waals surface area contributed by atoms with E-state index in [1.54, 1.807) is 24.7 Å². The van der Waals surface area contributed by atoms with Crippen LogP contribution < -0.4 is 16.4 Å². The SMILES string of the molecule is C.C.CCCOC(=O)c1cnc2[nH]ccc2c1Cl.CCCOC(=O)c1cnc2[nH]ccc2c1NC1CCCC(CCC#N)C1.CCCOC(=O)c1cnc2[nH]ccc2c1NC1CCCC(CCC#N)C1.[C-]#[N+]CCC1CCCC(N)C1. The Morgan fingerprint density at radius 3 is 1.44 bits per heavy atom. The lowest BCUT2D eigenvalue weighted by molar-refractivity contribution is 0.0496. The van der Waals surface area contributed by atoms with Crippen molar-refractivity contribution in [3.05, 3.63) is 88.5 Å². The topological polar surface area (TPSA) is 267 Å². The standard InChI is InChI=1S/2C20H26N4O2.C11H11ClN2O2.C9H16N2.2CH4/c2*1-2-11-26-20(25)17-13-23-19-16(8-10-22-19)18(17)24-15-7-3-5-14(12-15)6-4-9-21;1-2-5-16-11(15)8-6-14-10-7(9(8)12)3-4-13-10;1-11-6-5-8-3-2-4-9(10)7-8;;/h2*8,10,13-15H,2-7,11-12H2,1H3,(H2,22,23,24);3-4,6H,2,5H2,1H3,(H,13,14);8-9H,2-7,10H2;2*1H4. The first-order valence-electron chi connectivity index (χ1n) is 28.4. The number of nitriles is 2. The molecule has 9 rings (SSSR count). The van der Waals surface area contributed by atoms with Crippen molar-refractivity contribution in [2.75, 3.05) is 37.0 Å². The van der Waals surface area contributed by atoms with Crippen LogP contribution in [0.15, 0.2) is 55.4 Å². The third-order valence-corrected chi connectivity index (χ3v) is 15.1. The van der Waals surface area contributed by atoms with Crippen LogP contribution in [-0.4, -0.2) is 92.3 Å². The highest BCUT2D eigenvalue weighted by atomic mass is 35.5. The molecule has 6 aromatic rings. The Morgan fingerprint density at radius 2 is 1.02 bits per heavy atom. The Balaban J connectivity index is 0.000000241. The lowest BCUT2D eigenvalue weighted by atomic mass is 9.83. The molecule has 3 fully saturated rings. The molecule has 0 aliphatic heterocycles. The molecule has 3 aliphatic carbocycles. The van der Waals surface area contributed by atoms with E-state index in [4.69, 9.17) is 48.6 Å². The first kappa shape index (κ1) is 66.3. The molecule has 6 unspecified atom stereocenters. The highest BCUT2D eigenvalue weighted by Crippen LogP contribution is 2.35. The number of halogens is 1. The highest BCUT2D eigenvalue weighted by Gasteiger charge is 2.27. The van der Waals surface area contributed by atoms with Crippen LogP contribution in [-0.2, 0) is 14.2 Å². The van der Waals surface area contributed by atoms with E-state index in [1.165, 1.54) is 38.3 Å². The summed E-state index contributed by atoms with van der Waals surface area (Å²) in [5, 5.41) is 27.8. The minimum atomic E-state index is -0.428. The minimum Gasteiger partial charge on any atom is -0.462 e. The quantitative estimate of drug-likeness (QED) is 0.0250. The molecule has 81 heavy (non-hydrogen) atoms. The van der Waals surface area contributed by atoms with Crippen molar-refractivity contribution in [1.82, 2.24) is 29.9 Å². The number of aromatic nitrogens is 6. The number of aromatic amines is 3. The molecule has 19 heteroatoms. The summed E-state index contributed by atoms with van der Waals surface area (Å²) in [6, 6.07) is 11.2. The molecule has 3 aliphatic rings. The van der Waals surface area contributed by atoms with Crippen LogP contribution in [0.1, 0.15) is 195 Å². The van der Waals surface area contributed by atoms with Crippen molar-refractivity contribution in [2.45, 2.75) is 182 Å². The molecule has 0 amide bonds. The predicted octanol–water partition coefficient (Wildman–Crippen LogP) is 14.7. The summed E-state index contributed by atoms with van der Waals surface area (Å²) in [5.74, 6) is 0.791. The normalized spacial score (nSPS) is 19.1. The zero-order valence-corrected chi connectivity index (χ0v) is 47.0. The number of nitrogens with one attached hydrogen (secondary N) is 5. The first-order chi connectivity index (χ1) is 38.5. The van der Waals surface area contributed by atoms with Crippen molar-refractivity contribution in [3.63, 3.8) is 0 Å². The third kappa shape index (κ3) is 19.8. The van der Waals surface area contributed by atoms with E-state index in [2.05, 4.69) is 57.5 Å². The van der Waals surface area contributed by atoms with Crippen molar-refractivity contribution in [1.29, 1.82) is 10.5 Å². The van der Waals surface area contributed by atoms with E-state index in [1.807, 2.05) is 45.3 Å². The molecule has 0 aromatic carbocycles. The number of pyridine rings is 3. The largest absolute Gasteiger partial charge is 0.462 e. The maximum absolute atomic E-state index is 12.5. The number of anilines is 2. The zero-order valence-electron chi connectivity index (χ0n) is 46.2. The van der Waals surface area contributed by atoms with Crippen molar-refractivity contribution in [3.8, 4) is 12.1 Å². The van der Waals surface area contributed by atoms with Gasteiger partial charge in [0.15, 0.2) is 0 Å². The van der Waals surface area contributed by atoms with Crippen LogP contribution in [0, 0.1) is 47.0 Å². The Bertz CT molecular complexity index is 2870. The van der Waals surface area contributed by atoms with Gasteiger partial charge in [-0.1, -0.05) is 85.8 Å². The van der Waals surface area contributed by atoms with Gasteiger partial charge in [-0.2, -0.15) is 10.5 Å². The lowest BCUT2D eigenvalue weighted by Gasteiger charge is -2.30. The van der Waals surface area contributed by atoms with Crippen molar-refractivity contribution < 1.29 is 28.6 Å². The fourth-order valence-corrected chi connectivity index (χ4v) is 11.0. The van der Waals surface area contributed by atoms with Gasteiger partial charge in [0.05, 0.1) is 53.9 Å². The molecule has 6 atom stereocenters. The van der Waals surface area contributed by atoms with Gasteiger partial charge in [0, 0.05) is 90.7 Å². The number of nitrogens with zero attached hydrogens (tertiary/aromatic N) is 6. The average Bonchev–Trinajstić information content (AvgIpc) is 4.38. The zero-order chi connectivity index (χ0) is 56.4. The Morgan fingerprint density at radius 1 is 0.630 bits per heavy atom. The monoisotopic (exact) mass is 1130 g/mol. The molecule has 3 saturated carbocycles. The summed E-state index contributed by atoms with van der Waals surface area (Å²) in [7, 11) is 0. The molecule has 0 radical (unpaired) electrons. The van der Waals surface area contributed by atoms with Gasteiger partial charge in [-0.3, -0.25) is 0 Å². The molecule has 0 saturated heterocycles. The van der Waals surface area contributed by atoms with Gasteiger partial charge in [0.2, 0.25) is 6.54 Å². The summed E-state index contributed by atoms with van der Waals surface area (Å²) >= 11 is 6.10. The molecule has 6 aromatic heterocycles. The van der Waals surface area contributed by atoms with E-state index >= 15 is 0 Å². The van der Waals surface area contributed by atoms with Gasteiger partial charge in [0.25, 0.3) is 0 Å². The van der Waals surface area contributed by atoms with Crippen LogP contribution in [0.2, 0.25) is 5.02 Å². The molecule has 0 bridgehead atoms. The Labute approximate surface area is 484 Å². The number of carbonyl (C=O) groups excluding carboxylic acids is 3. The van der Waals surface area contributed by atoms with Crippen molar-refractivity contribution in [2.24, 2.45) is 23.5 Å². The number of H-pyrrole nitrogens is 3. The van der Waals surface area contributed by atoms with Crippen LogP contribution in [0.25, 0.3) is 37.9 Å². The van der Waals surface area contributed by atoms with Gasteiger partial charge in [-0.25, -0.2) is 35.9 Å². The molecule has 0 spiro atoms. The molecular weight excluding hydrogens is 1040 g/mol. The second kappa shape index (κ2) is 35.5. The fraction of sp³-hybridized carbons (Fsp3) is 0.565. The molecular formula is C62H87ClN12O6. The summed E-state index contributed by atoms with van der Waals surface area (Å²) in [4.78, 5) is 61.9. The van der Waals surface area contributed by atoms with E-state index < -0.39 is 5.97 Å². The van der Waals surface area contributed by atoms with Gasteiger partial charge in [-0.05, 0) is 107 Å². The van der Waals surface area contributed by atoms with E-state index in [-0.39, 0.29) is 26.8 Å². The molecule has 7 N–H and O–H groups in total. The maximum Gasteiger partial charge on any atom is 0.341 e. The molecule has 6 heterocycles. The van der Waals surface area contributed by atoms with Crippen LogP contribution in [0.4, 0.5) is 11.4 Å². The van der Waals surface area contributed by atoms with Crippen molar-refractivity contribution >= 4 is 74.0 Å². The second-order valence-electron chi connectivity index (χ2n) is 20.8. The van der Waals surface area contributed by atoms with Crippen LogP contribution >= 0.6 is 11.6 Å². The van der Waals surface area contributed by atoms with Crippen LogP contribution in [0.5, 0.6) is 0 Å². The number of ether oxygens (including phenoxy) is 3. The van der Waals surface area contributed by atoms with Gasteiger partial charge in [-0.15, -0.1) is 0 Å². The summed E-state index contributed by atoms with van der Waals surface area (Å²) < 4.78 is 15.7. The Kier molecular flexibility index (Phi) is 29.1. The highest BCUT2D eigenvalue weighted by molar-refractivity contribution is 6.38. The van der Waals surface area contributed by atoms with Crippen LogP contribution in [0.3, 0.4) is 0 Å². The number of hydrogen-bond acceptors (Lipinski definition) is 14. The number of nitrogens with two attached hydrogens (primary N) is 1. The lowest BCUT2D eigenvalue weighted by Crippen LogP contribution is -2.28. The smallest absolute Gasteiger partial charge is 0.341 e. The van der Waals surface area contributed by atoms with Gasteiger partial charge in [0.1, 0.15) is 28.1 Å². The fourth-order valence-electron chi connectivity index (χ4n) is 10.7. The predicted molar refractivity (Wildman–Crippen MR) is 323 cm³/mol. The summed E-state index contributed by atoms with van der Waals surface area (Å²) in [6.07, 6.45) is 30.3. The second-order valence-corrected chi connectivity index (χ2v) is 21.2. The van der Waals surface area contributed by atoms with E-state index in [0.717, 1.165) is 128 Å². The third-order valence-electron chi connectivity index (χ3n) is 14.7. The first-order valence-corrected chi connectivity index (χ1v) is 28.8. The molecule has 18 nitrogen and oxygen atoms in total. The van der Waals surface area contributed by atoms with Gasteiger partial charge >= 0.3 is 17.9 Å². The number of rotatable bonds is 19. The van der Waals surface area contributed by atoms with Gasteiger partial charge < -0.3 is 50.4 Å². The maximum atomic E-state index is 12.5. The summed E-state index contributed by atoms with van der Waals surface area (Å²) in [5.41, 5.74) is 10.9. The number of hydrogen-bond donors (Lipinski definition) is 6. The number of fused-ring (bicyclic) bond motifs is 3. The average molecular weight is 1130 g/mol. The number of carbonyl (C=O) groups is 3. The Hall–Kier alpha value is -7.20. The molecule has 438 valence electrons. The van der Waals surface area contributed by atoms with E-state index in [9.17, 15) is 14.4 Å².